The lowest BCUT2D eigenvalue weighted by molar-refractivity contribution is 0.411. The Morgan fingerprint density at radius 3 is 2.47 bits per heavy atom. The van der Waals surface area contributed by atoms with Crippen LogP contribution in [0.25, 0.3) is 0 Å². The minimum Gasteiger partial charge on any atom is -0.360 e. The zero-order valence-corrected chi connectivity index (χ0v) is 12.9. The van der Waals surface area contributed by atoms with E-state index in [0.29, 0.717) is 6.04 Å². The molecule has 0 radical (unpaired) electrons. The molecule has 104 valence electrons. The van der Waals surface area contributed by atoms with Gasteiger partial charge in [-0.25, -0.2) is 0 Å². The summed E-state index contributed by atoms with van der Waals surface area (Å²) in [7, 11) is 0. The van der Waals surface area contributed by atoms with Crippen molar-refractivity contribution < 1.29 is 0 Å². The van der Waals surface area contributed by atoms with Crippen molar-refractivity contribution >= 4 is 28.9 Å². The second-order valence-electron chi connectivity index (χ2n) is 5.23. The third kappa shape index (κ3) is 4.66. The molecule has 1 atom stereocenters. The van der Waals surface area contributed by atoms with E-state index in [1.807, 2.05) is 24.3 Å². The number of halogens is 1. The maximum Gasteiger partial charge on any atom is 0.166 e. The van der Waals surface area contributed by atoms with Gasteiger partial charge in [0.25, 0.3) is 0 Å². The molecule has 1 aliphatic carbocycles. The number of hydrogen-bond acceptors (Lipinski definition) is 1. The highest BCUT2D eigenvalue weighted by Crippen LogP contribution is 2.18. The van der Waals surface area contributed by atoms with Gasteiger partial charge in [0.2, 0.25) is 0 Å². The Morgan fingerprint density at radius 1 is 1.21 bits per heavy atom. The highest BCUT2D eigenvalue weighted by atomic mass is 35.5. The van der Waals surface area contributed by atoms with Gasteiger partial charge in [0, 0.05) is 11.1 Å². The van der Waals surface area contributed by atoms with Gasteiger partial charge >= 0.3 is 0 Å². The zero-order chi connectivity index (χ0) is 13.7. The predicted octanol–water partition coefficient (Wildman–Crippen LogP) is 4.20. The highest BCUT2D eigenvalue weighted by Gasteiger charge is 2.15. The Bertz CT molecular complexity index is 413. The lowest BCUT2D eigenvalue weighted by Crippen LogP contribution is -2.43. The minimum atomic E-state index is 0.195. The summed E-state index contributed by atoms with van der Waals surface area (Å²) in [4.78, 5) is 0. The number of benzene rings is 1. The molecule has 1 saturated carbocycles. The van der Waals surface area contributed by atoms with Gasteiger partial charge in [0.15, 0.2) is 5.11 Å². The quantitative estimate of drug-likeness (QED) is 0.818. The maximum atomic E-state index is 5.89. The van der Waals surface area contributed by atoms with Crippen molar-refractivity contribution in [1.29, 1.82) is 0 Å². The van der Waals surface area contributed by atoms with Gasteiger partial charge < -0.3 is 10.6 Å². The monoisotopic (exact) mass is 296 g/mol. The first-order valence-electron chi connectivity index (χ1n) is 6.97. The fourth-order valence-corrected chi connectivity index (χ4v) is 2.97. The average molecular weight is 297 g/mol. The Kier molecular flexibility index (Phi) is 5.46. The molecule has 2 nitrogen and oxygen atoms in total. The van der Waals surface area contributed by atoms with Crippen LogP contribution in [0, 0.1) is 0 Å². The van der Waals surface area contributed by atoms with Crippen LogP contribution >= 0.6 is 23.8 Å². The van der Waals surface area contributed by atoms with Crippen LogP contribution in [-0.2, 0) is 0 Å². The first kappa shape index (κ1) is 14.6. The molecule has 1 fully saturated rings. The number of nitrogens with one attached hydrogen (secondary N) is 2. The lowest BCUT2D eigenvalue weighted by atomic mass is 9.96. The van der Waals surface area contributed by atoms with Crippen molar-refractivity contribution in [3.8, 4) is 0 Å². The van der Waals surface area contributed by atoms with Gasteiger partial charge in [-0.2, -0.15) is 0 Å². The first-order valence-corrected chi connectivity index (χ1v) is 7.76. The molecule has 0 aliphatic heterocycles. The van der Waals surface area contributed by atoms with E-state index in [-0.39, 0.29) is 6.04 Å². The number of rotatable bonds is 3. The van der Waals surface area contributed by atoms with Crippen LogP contribution in [0.2, 0.25) is 5.02 Å². The third-order valence-electron chi connectivity index (χ3n) is 3.66. The van der Waals surface area contributed by atoms with E-state index in [4.69, 9.17) is 23.8 Å². The molecule has 2 N–H and O–H groups in total. The average Bonchev–Trinajstić information content (AvgIpc) is 2.40. The predicted molar refractivity (Wildman–Crippen MR) is 85.6 cm³/mol. The molecule has 2 rings (SSSR count). The van der Waals surface area contributed by atoms with Crippen molar-refractivity contribution in [2.75, 3.05) is 0 Å². The van der Waals surface area contributed by atoms with Crippen LogP contribution in [0.15, 0.2) is 24.3 Å². The highest BCUT2D eigenvalue weighted by molar-refractivity contribution is 7.80. The van der Waals surface area contributed by atoms with Gasteiger partial charge in [-0.3, -0.25) is 0 Å². The van der Waals surface area contributed by atoms with Crippen molar-refractivity contribution in [3.05, 3.63) is 34.9 Å². The standard InChI is InChI=1S/C15H21ClN2S/c1-11(12-7-9-13(16)10-8-12)17-15(19)18-14-5-3-2-4-6-14/h7-11,14H,2-6H2,1H3,(H2,17,18,19)/t11-/m0/s1. The first-order chi connectivity index (χ1) is 9.15. The summed E-state index contributed by atoms with van der Waals surface area (Å²) in [5.74, 6) is 0. The van der Waals surface area contributed by atoms with Crippen molar-refractivity contribution in [2.24, 2.45) is 0 Å². The molecule has 1 aliphatic rings. The van der Waals surface area contributed by atoms with E-state index in [1.54, 1.807) is 0 Å². The number of hydrogen-bond donors (Lipinski definition) is 2. The van der Waals surface area contributed by atoms with Crippen LogP contribution in [0.5, 0.6) is 0 Å². The molecule has 19 heavy (non-hydrogen) atoms. The summed E-state index contributed by atoms with van der Waals surface area (Å²) in [6.45, 7) is 2.11. The van der Waals surface area contributed by atoms with Crippen molar-refractivity contribution in [1.82, 2.24) is 10.6 Å². The minimum absolute atomic E-state index is 0.195. The van der Waals surface area contributed by atoms with E-state index >= 15 is 0 Å². The largest absolute Gasteiger partial charge is 0.360 e. The van der Waals surface area contributed by atoms with Gasteiger partial charge in [0.1, 0.15) is 0 Å². The summed E-state index contributed by atoms with van der Waals surface area (Å²) >= 11 is 11.3. The maximum absolute atomic E-state index is 5.89. The Hall–Kier alpha value is -0.800. The molecule has 4 heteroatoms. The van der Waals surface area contributed by atoms with E-state index < -0.39 is 0 Å². The Morgan fingerprint density at radius 2 is 1.84 bits per heavy atom. The van der Waals surface area contributed by atoms with E-state index in [2.05, 4.69) is 17.6 Å². The molecule has 0 spiro atoms. The molecule has 0 heterocycles. The Balaban J connectivity index is 1.82. The second-order valence-corrected chi connectivity index (χ2v) is 6.07. The van der Waals surface area contributed by atoms with Gasteiger partial charge in [0.05, 0.1) is 6.04 Å². The van der Waals surface area contributed by atoms with Crippen LogP contribution in [0.3, 0.4) is 0 Å². The van der Waals surface area contributed by atoms with Gasteiger partial charge in [-0.1, -0.05) is 43.0 Å². The molecule has 0 bridgehead atoms. The van der Waals surface area contributed by atoms with Crippen LogP contribution in [-0.4, -0.2) is 11.2 Å². The molecule has 0 amide bonds. The van der Waals surface area contributed by atoms with E-state index in [9.17, 15) is 0 Å². The smallest absolute Gasteiger partial charge is 0.166 e. The summed E-state index contributed by atoms with van der Waals surface area (Å²) in [6.07, 6.45) is 6.45. The molecule has 1 aromatic rings. The fraction of sp³-hybridized carbons (Fsp3) is 0.533. The van der Waals surface area contributed by atoms with E-state index in [1.165, 1.54) is 37.7 Å². The normalized spacial score (nSPS) is 17.8. The van der Waals surface area contributed by atoms with Crippen molar-refractivity contribution in [2.45, 2.75) is 51.1 Å². The van der Waals surface area contributed by atoms with Gasteiger partial charge in [-0.05, 0) is 49.7 Å². The SMILES string of the molecule is C[C@H](NC(=S)NC1CCCCC1)c1ccc(Cl)cc1. The summed E-state index contributed by atoms with van der Waals surface area (Å²) < 4.78 is 0. The van der Waals surface area contributed by atoms with Crippen LogP contribution in [0.4, 0.5) is 0 Å². The van der Waals surface area contributed by atoms with E-state index in [0.717, 1.165) is 10.1 Å². The molecule has 0 aromatic heterocycles. The molecule has 0 unspecified atom stereocenters. The van der Waals surface area contributed by atoms with Crippen LogP contribution < -0.4 is 10.6 Å². The Labute approximate surface area is 125 Å². The van der Waals surface area contributed by atoms with Crippen molar-refractivity contribution in [3.63, 3.8) is 0 Å². The van der Waals surface area contributed by atoms with Crippen LogP contribution in [0.1, 0.15) is 50.6 Å². The number of thiocarbonyl (C=S) groups is 1. The lowest BCUT2D eigenvalue weighted by Gasteiger charge is -2.26. The zero-order valence-electron chi connectivity index (χ0n) is 11.3. The van der Waals surface area contributed by atoms with Gasteiger partial charge in [-0.15, -0.1) is 0 Å². The molecule has 0 saturated heterocycles. The molecular weight excluding hydrogens is 276 g/mol. The summed E-state index contributed by atoms with van der Waals surface area (Å²) in [5.41, 5.74) is 1.19. The summed E-state index contributed by atoms with van der Waals surface area (Å²) in [6, 6.07) is 8.62. The second kappa shape index (κ2) is 7.11. The molecule has 1 aromatic carbocycles. The topological polar surface area (TPSA) is 24.1 Å². The third-order valence-corrected chi connectivity index (χ3v) is 4.15. The fourth-order valence-electron chi connectivity index (χ4n) is 2.51. The summed E-state index contributed by atoms with van der Waals surface area (Å²) in [5, 5.41) is 8.29. The molecular formula is C15H21ClN2S.